The van der Waals surface area contributed by atoms with Crippen molar-refractivity contribution in [3.8, 4) is 0 Å². The lowest BCUT2D eigenvalue weighted by molar-refractivity contribution is 0.102. The second-order valence-corrected chi connectivity index (χ2v) is 4.33. The van der Waals surface area contributed by atoms with E-state index in [0.29, 0.717) is 10.3 Å². The number of pyridine rings is 1. The van der Waals surface area contributed by atoms with E-state index in [1.165, 1.54) is 12.4 Å². The number of halogens is 2. The molecule has 5 nitrogen and oxygen atoms in total. The Morgan fingerprint density at radius 1 is 1.47 bits per heavy atom. The van der Waals surface area contributed by atoms with Crippen LogP contribution in [0.2, 0.25) is 5.15 Å². The molecule has 0 bridgehead atoms. The number of carbonyl (C=O) groups is 1. The Bertz CT molecular complexity index is 549. The van der Waals surface area contributed by atoms with E-state index in [9.17, 15) is 4.79 Å². The summed E-state index contributed by atoms with van der Waals surface area (Å²) in [7, 11) is 0. The average Bonchev–Trinajstić information content (AvgIpc) is 2.33. The molecule has 0 unspecified atom stereocenters. The molecular formula is C10H6BrClN4O. The van der Waals surface area contributed by atoms with Crippen molar-refractivity contribution in [1.82, 2.24) is 15.2 Å². The van der Waals surface area contributed by atoms with Gasteiger partial charge in [0.25, 0.3) is 5.91 Å². The van der Waals surface area contributed by atoms with Gasteiger partial charge in [0, 0.05) is 16.9 Å². The van der Waals surface area contributed by atoms with Crippen LogP contribution in [-0.2, 0) is 0 Å². The highest BCUT2D eigenvalue weighted by Crippen LogP contribution is 2.18. The monoisotopic (exact) mass is 312 g/mol. The van der Waals surface area contributed by atoms with E-state index in [1.807, 2.05) is 0 Å². The van der Waals surface area contributed by atoms with Gasteiger partial charge in [-0.15, -0.1) is 5.10 Å². The van der Waals surface area contributed by atoms with Gasteiger partial charge >= 0.3 is 0 Å². The number of rotatable bonds is 2. The number of nitrogens with zero attached hydrogens (tertiary/aromatic N) is 3. The first-order valence-corrected chi connectivity index (χ1v) is 5.74. The molecule has 0 aliphatic carbocycles. The van der Waals surface area contributed by atoms with E-state index < -0.39 is 0 Å². The Morgan fingerprint density at radius 3 is 3.00 bits per heavy atom. The highest BCUT2D eigenvalue weighted by Gasteiger charge is 2.12. The van der Waals surface area contributed by atoms with Gasteiger partial charge in [0.1, 0.15) is 5.15 Å². The van der Waals surface area contributed by atoms with E-state index in [1.54, 1.807) is 18.2 Å². The van der Waals surface area contributed by atoms with Gasteiger partial charge in [0.15, 0.2) is 5.82 Å². The third-order valence-corrected chi connectivity index (χ3v) is 2.60. The van der Waals surface area contributed by atoms with Crippen LogP contribution in [0.4, 0.5) is 5.82 Å². The molecule has 17 heavy (non-hydrogen) atoms. The molecule has 0 radical (unpaired) electrons. The standard InChI is InChI=1S/C10H6BrClN4O/c11-6-4-7(9(12)13-5-6)10(17)15-8-2-1-3-14-16-8/h1-5H,(H,15,16,17). The van der Waals surface area contributed by atoms with Crippen LogP contribution in [0.25, 0.3) is 0 Å². The third kappa shape index (κ3) is 2.98. The maximum Gasteiger partial charge on any atom is 0.260 e. The molecule has 7 heteroatoms. The lowest BCUT2D eigenvalue weighted by atomic mass is 10.2. The normalized spacial score (nSPS) is 10.0. The number of hydrogen-bond donors (Lipinski definition) is 1. The molecule has 0 saturated heterocycles. The zero-order valence-electron chi connectivity index (χ0n) is 8.39. The molecular weight excluding hydrogens is 307 g/mol. The maximum atomic E-state index is 11.9. The van der Waals surface area contributed by atoms with Crippen molar-refractivity contribution in [2.24, 2.45) is 0 Å². The molecule has 2 aromatic heterocycles. The first-order valence-electron chi connectivity index (χ1n) is 4.57. The van der Waals surface area contributed by atoms with Crippen LogP contribution in [0.3, 0.4) is 0 Å². The summed E-state index contributed by atoms with van der Waals surface area (Å²) in [5.74, 6) is -0.0298. The molecule has 0 spiro atoms. The molecule has 0 fully saturated rings. The van der Waals surface area contributed by atoms with Gasteiger partial charge < -0.3 is 5.32 Å². The third-order valence-electron chi connectivity index (χ3n) is 1.86. The zero-order valence-corrected chi connectivity index (χ0v) is 10.7. The summed E-state index contributed by atoms with van der Waals surface area (Å²) in [6.07, 6.45) is 3.03. The molecule has 2 aromatic rings. The van der Waals surface area contributed by atoms with Gasteiger partial charge in [-0.3, -0.25) is 4.79 Å². The minimum Gasteiger partial charge on any atom is -0.305 e. The Morgan fingerprint density at radius 2 is 2.29 bits per heavy atom. The smallest absolute Gasteiger partial charge is 0.260 e. The number of anilines is 1. The highest BCUT2D eigenvalue weighted by molar-refractivity contribution is 9.10. The molecule has 0 aliphatic rings. The van der Waals surface area contributed by atoms with E-state index in [-0.39, 0.29) is 16.6 Å². The highest BCUT2D eigenvalue weighted by atomic mass is 79.9. The van der Waals surface area contributed by atoms with Crippen LogP contribution in [-0.4, -0.2) is 21.1 Å². The van der Waals surface area contributed by atoms with Crippen molar-refractivity contribution in [2.75, 3.05) is 5.32 Å². The summed E-state index contributed by atoms with van der Waals surface area (Å²) in [6.45, 7) is 0. The van der Waals surface area contributed by atoms with E-state index in [2.05, 4.69) is 36.4 Å². The SMILES string of the molecule is O=C(Nc1cccnn1)c1cc(Br)cnc1Cl. The fourth-order valence-electron chi connectivity index (χ4n) is 1.13. The van der Waals surface area contributed by atoms with Gasteiger partial charge in [-0.05, 0) is 34.1 Å². The minimum atomic E-state index is -0.385. The molecule has 0 aliphatic heterocycles. The summed E-state index contributed by atoms with van der Waals surface area (Å²) >= 11 is 9.05. The van der Waals surface area contributed by atoms with Crippen LogP contribution >= 0.6 is 27.5 Å². The van der Waals surface area contributed by atoms with Gasteiger partial charge in [-0.25, -0.2) is 4.98 Å². The van der Waals surface area contributed by atoms with Crippen LogP contribution in [0, 0.1) is 0 Å². The van der Waals surface area contributed by atoms with Crippen molar-refractivity contribution in [2.45, 2.75) is 0 Å². The average molecular weight is 314 g/mol. The molecule has 1 N–H and O–H groups in total. The molecule has 2 heterocycles. The summed E-state index contributed by atoms with van der Waals surface area (Å²) in [6, 6.07) is 4.88. The van der Waals surface area contributed by atoms with Gasteiger partial charge in [-0.2, -0.15) is 5.10 Å². The van der Waals surface area contributed by atoms with Gasteiger partial charge in [0.05, 0.1) is 5.56 Å². The molecule has 0 aromatic carbocycles. The quantitative estimate of drug-likeness (QED) is 0.865. The van der Waals surface area contributed by atoms with Crippen LogP contribution in [0.5, 0.6) is 0 Å². The van der Waals surface area contributed by atoms with E-state index in [0.717, 1.165) is 0 Å². The molecule has 1 amide bonds. The Hall–Kier alpha value is -1.53. The zero-order chi connectivity index (χ0) is 12.3. The predicted molar refractivity (Wildman–Crippen MR) is 66.9 cm³/mol. The Balaban J connectivity index is 2.23. The lowest BCUT2D eigenvalue weighted by Gasteiger charge is -2.04. The first kappa shape index (κ1) is 11.9. The van der Waals surface area contributed by atoms with Crippen LogP contribution < -0.4 is 5.32 Å². The minimum absolute atomic E-state index is 0.134. The summed E-state index contributed by atoms with van der Waals surface area (Å²) < 4.78 is 0.672. The van der Waals surface area contributed by atoms with Crippen molar-refractivity contribution in [1.29, 1.82) is 0 Å². The summed E-state index contributed by atoms with van der Waals surface area (Å²) in [5, 5.41) is 10.1. The number of amides is 1. The maximum absolute atomic E-state index is 11.9. The van der Waals surface area contributed by atoms with Crippen molar-refractivity contribution < 1.29 is 4.79 Å². The molecule has 2 rings (SSSR count). The predicted octanol–water partition coefficient (Wildman–Crippen LogP) is 2.54. The number of carbonyl (C=O) groups excluding carboxylic acids is 1. The van der Waals surface area contributed by atoms with Gasteiger partial charge in [-0.1, -0.05) is 11.6 Å². The fraction of sp³-hybridized carbons (Fsp3) is 0. The molecule has 0 saturated carbocycles. The summed E-state index contributed by atoms with van der Waals surface area (Å²) in [4.78, 5) is 15.7. The van der Waals surface area contributed by atoms with Crippen LogP contribution in [0.15, 0.2) is 35.1 Å². The van der Waals surface area contributed by atoms with Crippen LogP contribution in [0.1, 0.15) is 10.4 Å². The Labute approximate surface area is 110 Å². The summed E-state index contributed by atoms with van der Waals surface area (Å²) in [5.41, 5.74) is 0.270. The van der Waals surface area contributed by atoms with Crippen molar-refractivity contribution in [3.63, 3.8) is 0 Å². The van der Waals surface area contributed by atoms with Crippen molar-refractivity contribution >= 4 is 39.3 Å². The van der Waals surface area contributed by atoms with Gasteiger partial charge in [0.2, 0.25) is 0 Å². The number of nitrogens with one attached hydrogen (secondary N) is 1. The number of aromatic nitrogens is 3. The van der Waals surface area contributed by atoms with Crippen molar-refractivity contribution in [3.05, 3.63) is 45.8 Å². The molecule has 0 atom stereocenters. The second kappa shape index (κ2) is 5.20. The Kier molecular flexibility index (Phi) is 3.65. The largest absolute Gasteiger partial charge is 0.305 e. The molecule has 86 valence electrons. The topological polar surface area (TPSA) is 67.8 Å². The second-order valence-electron chi connectivity index (χ2n) is 3.05. The number of hydrogen-bond acceptors (Lipinski definition) is 4. The van der Waals surface area contributed by atoms with E-state index >= 15 is 0 Å². The fourth-order valence-corrected chi connectivity index (χ4v) is 1.65. The lowest BCUT2D eigenvalue weighted by Crippen LogP contribution is -2.14. The van der Waals surface area contributed by atoms with E-state index in [4.69, 9.17) is 11.6 Å². The first-order chi connectivity index (χ1) is 8.16.